The summed E-state index contributed by atoms with van der Waals surface area (Å²) in [5.41, 5.74) is 0. The van der Waals surface area contributed by atoms with E-state index < -0.39 is 0 Å². The molecule has 1 nitrogen and oxygen atoms in total. The molecule has 1 N–H and O–H groups in total. The second-order valence-corrected chi connectivity index (χ2v) is 5.75. The van der Waals surface area contributed by atoms with Crippen molar-refractivity contribution in [3.05, 3.63) is 20.1 Å². The predicted octanol–water partition coefficient (Wildman–Crippen LogP) is 5.90. The van der Waals surface area contributed by atoms with Crippen LogP contribution in [-0.4, -0.2) is 10.9 Å². The summed E-state index contributed by atoms with van der Waals surface area (Å²) >= 11 is 25.2. The van der Waals surface area contributed by atoms with E-state index in [1.807, 2.05) is 0 Å². The van der Waals surface area contributed by atoms with Gasteiger partial charge in [-0.3, -0.25) is 0 Å². The lowest BCUT2D eigenvalue weighted by Gasteiger charge is -2.11. The molecular formula is C10H10Cl4OS. The number of phenolic OH excluding ortho intramolecular Hbond substituents is 1. The van der Waals surface area contributed by atoms with Crippen LogP contribution >= 0.6 is 58.2 Å². The molecule has 0 aromatic heterocycles. The third-order valence-corrected chi connectivity index (χ3v) is 5.04. The zero-order chi connectivity index (χ0) is 12.3. The van der Waals surface area contributed by atoms with E-state index in [4.69, 9.17) is 46.4 Å². The van der Waals surface area contributed by atoms with Crippen molar-refractivity contribution in [3.63, 3.8) is 0 Å². The van der Waals surface area contributed by atoms with Crippen molar-refractivity contribution in [2.75, 3.05) is 5.75 Å². The zero-order valence-electron chi connectivity index (χ0n) is 8.49. The normalized spacial score (nSPS) is 10.8. The van der Waals surface area contributed by atoms with Gasteiger partial charge >= 0.3 is 0 Å². The van der Waals surface area contributed by atoms with Crippen LogP contribution < -0.4 is 0 Å². The van der Waals surface area contributed by atoms with Crippen molar-refractivity contribution >= 4 is 58.2 Å². The number of aromatic hydroxyl groups is 1. The standard InChI is InChI=1S/C10H10Cl4OS/c1-2-3-4-16-10-7(13)5(11)9(15)6(12)8(10)14/h15H,2-4H2,1H3. The second-order valence-electron chi connectivity index (χ2n) is 3.14. The maximum absolute atomic E-state index is 9.52. The van der Waals surface area contributed by atoms with Crippen LogP contribution in [0.4, 0.5) is 0 Å². The lowest BCUT2D eigenvalue weighted by atomic mass is 10.3. The number of hydrogen-bond donors (Lipinski definition) is 1. The van der Waals surface area contributed by atoms with Crippen LogP contribution in [0.3, 0.4) is 0 Å². The lowest BCUT2D eigenvalue weighted by Crippen LogP contribution is -1.85. The highest BCUT2D eigenvalue weighted by Gasteiger charge is 2.19. The molecule has 0 fully saturated rings. The van der Waals surface area contributed by atoms with E-state index in [2.05, 4.69) is 6.92 Å². The molecule has 0 atom stereocenters. The number of hydrogen-bond acceptors (Lipinski definition) is 2. The molecule has 1 aromatic carbocycles. The number of halogens is 4. The smallest absolute Gasteiger partial charge is 0.155 e. The van der Waals surface area contributed by atoms with Crippen LogP contribution in [0.25, 0.3) is 0 Å². The minimum atomic E-state index is -0.266. The van der Waals surface area contributed by atoms with E-state index >= 15 is 0 Å². The minimum Gasteiger partial charge on any atom is -0.505 e. The van der Waals surface area contributed by atoms with E-state index in [0.29, 0.717) is 4.90 Å². The summed E-state index contributed by atoms with van der Waals surface area (Å²) < 4.78 is 0. The molecule has 0 saturated heterocycles. The van der Waals surface area contributed by atoms with Gasteiger partial charge in [0.05, 0.1) is 10.0 Å². The van der Waals surface area contributed by atoms with Crippen molar-refractivity contribution in [1.82, 2.24) is 0 Å². The topological polar surface area (TPSA) is 20.2 Å². The summed E-state index contributed by atoms with van der Waals surface area (Å²) in [6.07, 6.45) is 2.13. The molecule has 0 bridgehead atoms. The summed E-state index contributed by atoms with van der Waals surface area (Å²) in [7, 11) is 0. The molecule has 0 saturated carbocycles. The summed E-state index contributed by atoms with van der Waals surface area (Å²) in [6, 6.07) is 0. The van der Waals surface area contributed by atoms with Gasteiger partial charge in [-0.15, -0.1) is 11.8 Å². The van der Waals surface area contributed by atoms with E-state index in [1.165, 1.54) is 11.8 Å². The van der Waals surface area contributed by atoms with Crippen molar-refractivity contribution in [2.45, 2.75) is 24.7 Å². The number of benzene rings is 1. The Balaban J connectivity index is 3.08. The van der Waals surface area contributed by atoms with Gasteiger partial charge in [-0.2, -0.15) is 0 Å². The van der Waals surface area contributed by atoms with Gasteiger partial charge in [0.2, 0.25) is 0 Å². The Morgan fingerprint density at radius 2 is 1.50 bits per heavy atom. The molecule has 0 spiro atoms. The first-order chi connectivity index (χ1) is 7.50. The molecule has 90 valence electrons. The van der Waals surface area contributed by atoms with Gasteiger partial charge in [0.15, 0.2) is 5.75 Å². The molecule has 0 unspecified atom stereocenters. The Bertz CT molecular complexity index is 366. The number of thioether (sulfide) groups is 1. The maximum atomic E-state index is 9.52. The number of unbranched alkanes of at least 4 members (excludes halogenated alkanes) is 1. The molecule has 1 rings (SSSR count). The Hall–Kier alpha value is 0.530. The van der Waals surface area contributed by atoms with Gasteiger partial charge in [0, 0.05) is 4.90 Å². The molecular weight excluding hydrogens is 310 g/mol. The third kappa shape index (κ3) is 3.05. The summed E-state index contributed by atoms with van der Waals surface area (Å²) in [5, 5.41) is 10.1. The monoisotopic (exact) mass is 318 g/mol. The molecule has 6 heteroatoms. The zero-order valence-corrected chi connectivity index (χ0v) is 12.3. The summed E-state index contributed by atoms with van der Waals surface area (Å²) in [6.45, 7) is 2.10. The molecule has 0 radical (unpaired) electrons. The van der Waals surface area contributed by atoms with Crippen LogP contribution in [0.1, 0.15) is 19.8 Å². The predicted molar refractivity (Wildman–Crippen MR) is 73.8 cm³/mol. The molecule has 0 aliphatic heterocycles. The Morgan fingerprint density at radius 3 is 1.94 bits per heavy atom. The van der Waals surface area contributed by atoms with E-state index in [0.717, 1.165) is 18.6 Å². The Morgan fingerprint density at radius 1 is 1.00 bits per heavy atom. The highest BCUT2D eigenvalue weighted by molar-refractivity contribution is 7.99. The van der Waals surface area contributed by atoms with Crippen LogP contribution in [0, 0.1) is 0 Å². The van der Waals surface area contributed by atoms with Crippen molar-refractivity contribution < 1.29 is 5.11 Å². The van der Waals surface area contributed by atoms with E-state index in [1.54, 1.807) is 0 Å². The highest BCUT2D eigenvalue weighted by Crippen LogP contribution is 2.49. The summed E-state index contributed by atoms with van der Waals surface area (Å²) in [4.78, 5) is 0.629. The van der Waals surface area contributed by atoms with E-state index in [9.17, 15) is 5.11 Å². The Labute approximate surface area is 119 Å². The first-order valence-electron chi connectivity index (χ1n) is 4.68. The number of rotatable bonds is 4. The van der Waals surface area contributed by atoms with Crippen LogP contribution in [0.2, 0.25) is 20.1 Å². The van der Waals surface area contributed by atoms with Crippen molar-refractivity contribution in [1.29, 1.82) is 0 Å². The minimum absolute atomic E-state index is 0.0510. The SMILES string of the molecule is CCCCSc1c(Cl)c(Cl)c(O)c(Cl)c1Cl. The summed E-state index contributed by atoms with van der Waals surface area (Å²) in [5.74, 6) is 0.617. The van der Waals surface area contributed by atoms with Crippen molar-refractivity contribution in [3.8, 4) is 5.75 Å². The van der Waals surface area contributed by atoms with Gasteiger partial charge < -0.3 is 5.11 Å². The quantitative estimate of drug-likeness (QED) is 0.423. The molecule has 0 aliphatic carbocycles. The lowest BCUT2D eigenvalue weighted by molar-refractivity contribution is 0.475. The fourth-order valence-corrected chi connectivity index (χ4v) is 3.42. The Kier molecular flexibility index (Phi) is 5.89. The number of phenols is 1. The largest absolute Gasteiger partial charge is 0.505 e. The van der Waals surface area contributed by atoms with Gasteiger partial charge in [-0.25, -0.2) is 0 Å². The van der Waals surface area contributed by atoms with Gasteiger partial charge in [-0.05, 0) is 12.2 Å². The second kappa shape index (κ2) is 6.46. The average Bonchev–Trinajstić information content (AvgIpc) is 2.28. The van der Waals surface area contributed by atoms with Crippen LogP contribution in [0.15, 0.2) is 4.90 Å². The fourth-order valence-electron chi connectivity index (χ4n) is 1.05. The van der Waals surface area contributed by atoms with Gasteiger partial charge in [0.1, 0.15) is 10.0 Å². The third-order valence-electron chi connectivity index (χ3n) is 1.94. The maximum Gasteiger partial charge on any atom is 0.155 e. The first-order valence-corrected chi connectivity index (χ1v) is 7.18. The first kappa shape index (κ1) is 14.6. The molecule has 0 aliphatic rings. The van der Waals surface area contributed by atoms with E-state index in [-0.39, 0.29) is 25.8 Å². The van der Waals surface area contributed by atoms with Gasteiger partial charge in [-0.1, -0.05) is 59.7 Å². The van der Waals surface area contributed by atoms with Gasteiger partial charge in [0.25, 0.3) is 0 Å². The molecule has 0 heterocycles. The molecule has 0 amide bonds. The molecule has 1 aromatic rings. The fraction of sp³-hybridized carbons (Fsp3) is 0.400. The van der Waals surface area contributed by atoms with Crippen LogP contribution in [-0.2, 0) is 0 Å². The highest BCUT2D eigenvalue weighted by atomic mass is 35.5. The average molecular weight is 320 g/mol. The van der Waals surface area contributed by atoms with Crippen LogP contribution in [0.5, 0.6) is 5.75 Å². The molecule has 16 heavy (non-hydrogen) atoms. The van der Waals surface area contributed by atoms with Crippen molar-refractivity contribution in [2.24, 2.45) is 0 Å².